The average Bonchev–Trinajstić information content (AvgIpc) is 2.42. The lowest BCUT2D eigenvalue weighted by Gasteiger charge is -2.26. The summed E-state index contributed by atoms with van der Waals surface area (Å²) in [5, 5.41) is 11.7. The number of nitrogens with zero attached hydrogens (tertiary/aromatic N) is 1. The molecule has 2 amide bonds. The van der Waals surface area contributed by atoms with Crippen molar-refractivity contribution < 1.29 is 19.5 Å². The highest BCUT2D eigenvalue weighted by atomic mass is 79.9. The molecular weight excluding hydrogens is 352 g/mol. The maximum absolute atomic E-state index is 12.4. The second kappa shape index (κ2) is 8.53. The van der Waals surface area contributed by atoms with Crippen molar-refractivity contribution in [2.24, 2.45) is 0 Å². The molecule has 0 radical (unpaired) electrons. The van der Waals surface area contributed by atoms with Gasteiger partial charge in [-0.05, 0) is 24.6 Å². The van der Waals surface area contributed by atoms with Gasteiger partial charge in [0.1, 0.15) is 6.04 Å². The predicted octanol–water partition coefficient (Wildman–Crippen LogP) is 1.43. The van der Waals surface area contributed by atoms with Crippen molar-refractivity contribution >= 4 is 33.7 Å². The SMILES string of the molecule is CC(=O)NCCN(C(=O)Cc1cccc(Br)c1)C(C)C(=O)O. The summed E-state index contributed by atoms with van der Waals surface area (Å²) < 4.78 is 0.855. The molecule has 0 aromatic heterocycles. The summed E-state index contributed by atoms with van der Waals surface area (Å²) in [6.07, 6.45) is 0.108. The Bertz CT molecular complexity index is 562. The molecule has 1 aromatic carbocycles. The van der Waals surface area contributed by atoms with Gasteiger partial charge < -0.3 is 15.3 Å². The zero-order chi connectivity index (χ0) is 16.7. The molecule has 0 aliphatic rings. The maximum Gasteiger partial charge on any atom is 0.326 e. The minimum atomic E-state index is -1.08. The van der Waals surface area contributed by atoms with Crippen molar-refractivity contribution in [3.05, 3.63) is 34.3 Å². The quantitative estimate of drug-likeness (QED) is 0.759. The molecule has 0 spiro atoms. The van der Waals surface area contributed by atoms with E-state index in [4.69, 9.17) is 5.11 Å². The molecule has 0 bridgehead atoms. The van der Waals surface area contributed by atoms with Crippen molar-refractivity contribution in [2.45, 2.75) is 26.3 Å². The molecule has 2 N–H and O–H groups in total. The van der Waals surface area contributed by atoms with Gasteiger partial charge in [0.25, 0.3) is 0 Å². The van der Waals surface area contributed by atoms with Gasteiger partial charge in [0.2, 0.25) is 11.8 Å². The summed E-state index contributed by atoms with van der Waals surface area (Å²) in [6, 6.07) is 6.33. The first-order chi connectivity index (χ1) is 10.3. The van der Waals surface area contributed by atoms with E-state index < -0.39 is 12.0 Å². The third kappa shape index (κ3) is 5.85. The van der Waals surface area contributed by atoms with E-state index in [2.05, 4.69) is 21.2 Å². The van der Waals surface area contributed by atoms with Crippen LogP contribution < -0.4 is 5.32 Å². The molecule has 1 unspecified atom stereocenters. The molecule has 0 saturated heterocycles. The number of hydrogen-bond donors (Lipinski definition) is 2. The van der Waals surface area contributed by atoms with E-state index >= 15 is 0 Å². The molecule has 0 saturated carbocycles. The number of carboxylic acids is 1. The van der Waals surface area contributed by atoms with Gasteiger partial charge in [-0.3, -0.25) is 9.59 Å². The first-order valence-corrected chi connectivity index (χ1v) is 7.61. The number of hydrogen-bond acceptors (Lipinski definition) is 3. The number of nitrogens with one attached hydrogen (secondary N) is 1. The van der Waals surface area contributed by atoms with Crippen LogP contribution in [0.4, 0.5) is 0 Å². The normalized spacial score (nSPS) is 11.6. The van der Waals surface area contributed by atoms with Gasteiger partial charge in [0.15, 0.2) is 0 Å². The summed E-state index contributed by atoms with van der Waals surface area (Å²) >= 11 is 3.33. The van der Waals surface area contributed by atoms with Crippen LogP contribution in [0.15, 0.2) is 28.7 Å². The second-order valence-corrected chi connectivity index (χ2v) is 5.81. The Kier molecular flexibility index (Phi) is 7.04. The van der Waals surface area contributed by atoms with Crippen LogP contribution in [0.2, 0.25) is 0 Å². The maximum atomic E-state index is 12.4. The van der Waals surface area contributed by atoms with Crippen molar-refractivity contribution in [1.82, 2.24) is 10.2 Å². The van der Waals surface area contributed by atoms with Crippen molar-refractivity contribution in [3.63, 3.8) is 0 Å². The van der Waals surface area contributed by atoms with E-state index in [-0.39, 0.29) is 31.3 Å². The standard InChI is InChI=1S/C15H19BrN2O4/c1-10(15(21)22)18(7-6-17-11(2)19)14(20)9-12-4-3-5-13(16)8-12/h3-5,8,10H,6-7,9H2,1-2H3,(H,17,19)(H,21,22). The summed E-state index contributed by atoms with van der Waals surface area (Å²) in [4.78, 5) is 35.7. The Morgan fingerprint density at radius 2 is 2.05 bits per heavy atom. The lowest BCUT2D eigenvalue weighted by molar-refractivity contribution is -0.149. The van der Waals surface area contributed by atoms with E-state index in [0.717, 1.165) is 10.0 Å². The van der Waals surface area contributed by atoms with E-state index in [9.17, 15) is 14.4 Å². The Morgan fingerprint density at radius 1 is 1.36 bits per heavy atom. The van der Waals surface area contributed by atoms with Crippen molar-refractivity contribution in [3.8, 4) is 0 Å². The molecule has 0 aliphatic carbocycles. The average molecular weight is 371 g/mol. The Morgan fingerprint density at radius 3 is 2.59 bits per heavy atom. The number of benzene rings is 1. The summed E-state index contributed by atoms with van der Waals surface area (Å²) in [5.74, 6) is -1.59. The number of carboxylic acid groups (broad SMARTS) is 1. The zero-order valence-electron chi connectivity index (χ0n) is 12.5. The van der Waals surface area contributed by atoms with Crippen LogP contribution >= 0.6 is 15.9 Å². The number of carbonyl (C=O) groups excluding carboxylic acids is 2. The van der Waals surface area contributed by atoms with Crippen molar-refractivity contribution in [2.75, 3.05) is 13.1 Å². The van der Waals surface area contributed by atoms with Crippen LogP contribution in [-0.2, 0) is 20.8 Å². The second-order valence-electron chi connectivity index (χ2n) is 4.89. The molecule has 1 atom stereocenters. The number of amides is 2. The monoisotopic (exact) mass is 370 g/mol. The lowest BCUT2D eigenvalue weighted by atomic mass is 10.1. The fraction of sp³-hybridized carbons (Fsp3) is 0.400. The Hall–Kier alpha value is -1.89. The van der Waals surface area contributed by atoms with Crippen LogP contribution in [0.3, 0.4) is 0 Å². The van der Waals surface area contributed by atoms with Gasteiger partial charge >= 0.3 is 5.97 Å². The topological polar surface area (TPSA) is 86.7 Å². The minimum Gasteiger partial charge on any atom is -0.480 e. The van der Waals surface area contributed by atoms with Crippen LogP contribution in [0.25, 0.3) is 0 Å². The fourth-order valence-electron chi connectivity index (χ4n) is 1.94. The van der Waals surface area contributed by atoms with Crippen LogP contribution in [0, 0.1) is 0 Å². The van der Waals surface area contributed by atoms with Gasteiger partial charge in [-0.2, -0.15) is 0 Å². The molecule has 0 aliphatic heterocycles. The summed E-state index contributed by atoms with van der Waals surface area (Å²) in [7, 11) is 0. The Labute approximate surface area is 137 Å². The first-order valence-electron chi connectivity index (χ1n) is 6.82. The van der Waals surface area contributed by atoms with Gasteiger partial charge in [-0.15, -0.1) is 0 Å². The molecule has 0 fully saturated rings. The number of carbonyl (C=O) groups is 3. The molecule has 22 heavy (non-hydrogen) atoms. The molecular formula is C15H19BrN2O4. The third-order valence-electron chi connectivity index (χ3n) is 3.12. The molecule has 0 heterocycles. The van der Waals surface area contributed by atoms with E-state index in [1.54, 1.807) is 6.07 Å². The first kappa shape index (κ1) is 18.2. The number of rotatable bonds is 7. The highest BCUT2D eigenvalue weighted by Crippen LogP contribution is 2.13. The molecule has 6 nitrogen and oxygen atoms in total. The van der Waals surface area contributed by atoms with E-state index in [1.807, 2.05) is 18.2 Å². The van der Waals surface area contributed by atoms with Crippen LogP contribution in [-0.4, -0.2) is 46.9 Å². The largest absolute Gasteiger partial charge is 0.480 e. The number of halogens is 1. The summed E-state index contributed by atoms with van der Waals surface area (Å²) in [5.41, 5.74) is 0.793. The van der Waals surface area contributed by atoms with Gasteiger partial charge in [-0.25, -0.2) is 4.79 Å². The smallest absolute Gasteiger partial charge is 0.326 e. The van der Waals surface area contributed by atoms with Gasteiger partial charge in [0, 0.05) is 24.5 Å². The van der Waals surface area contributed by atoms with E-state index in [0.29, 0.717) is 0 Å². The summed E-state index contributed by atoms with van der Waals surface area (Å²) in [6.45, 7) is 3.19. The number of aliphatic carboxylic acids is 1. The third-order valence-corrected chi connectivity index (χ3v) is 3.61. The molecule has 1 aromatic rings. The zero-order valence-corrected chi connectivity index (χ0v) is 14.1. The highest BCUT2D eigenvalue weighted by Gasteiger charge is 2.25. The van der Waals surface area contributed by atoms with Crippen LogP contribution in [0.1, 0.15) is 19.4 Å². The molecule has 1 rings (SSSR count). The van der Waals surface area contributed by atoms with Crippen molar-refractivity contribution in [1.29, 1.82) is 0 Å². The Balaban J connectivity index is 2.78. The van der Waals surface area contributed by atoms with Crippen LogP contribution in [0.5, 0.6) is 0 Å². The molecule has 7 heteroatoms. The minimum absolute atomic E-state index is 0.108. The molecule has 120 valence electrons. The predicted molar refractivity (Wildman–Crippen MR) is 85.3 cm³/mol. The van der Waals surface area contributed by atoms with Gasteiger partial charge in [0.05, 0.1) is 6.42 Å². The lowest BCUT2D eigenvalue weighted by Crippen LogP contribution is -2.47. The fourth-order valence-corrected chi connectivity index (χ4v) is 2.39. The van der Waals surface area contributed by atoms with E-state index in [1.165, 1.54) is 18.7 Å². The highest BCUT2D eigenvalue weighted by molar-refractivity contribution is 9.10. The van der Waals surface area contributed by atoms with Gasteiger partial charge in [-0.1, -0.05) is 28.1 Å².